The van der Waals surface area contributed by atoms with Crippen molar-refractivity contribution >= 4 is 23.5 Å². The molecule has 1 aliphatic carbocycles. The van der Waals surface area contributed by atoms with Gasteiger partial charge < -0.3 is 20.6 Å². The van der Waals surface area contributed by atoms with Crippen molar-refractivity contribution < 1.29 is 14.7 Å². The molecule has 7 heteroatoms. The minimum atomic E-state index is -0.745. The van der Waals surface area contributed by atoms with E-state index in [9.17, 15) is 9.59 Å². The summed E-state index contributed by atoms with van der Waals surface area (Å²) in [4.78, 5) is 30.9. The first-order valence-electron chi connectivity index (χ1n) is 11.6. The number of amides is 1. The Labute approximate surface area is 179 Å². The lowest BCUT2D eigenvalue weighted by Gasteiger charge is -2.33. The molecule has 3 rings (SSSR count). The van der Waals surface area contributed by atoms with Gasteiger partial charge in [-0.1, -0.05) is 26.2 Å². The van der Waals surface area contributed by atoms with Crippen LogP contribution < -0.4 is 15.5 Å². The zero-order chi connectivity index (χ0) is 21.3. The highest BCUT2D eigenvalue weighted by Crippen LogP contribution is 2.27. The summed E-state index contributed by atoms with van der Waals surface area (Å²) in [6, 6.07) is 3.76. The number of carbonyl (C=O) groups is 2. The number of nitrogens with zero attached hydrogens (tertiary/aromatic N) is 2. The van der Waals surface area contributed by atoms with E-state index in [0.717, 1.165) is 44.7 Å². The van der Waals surface area contributed by atoms with Crippen molar-refractivity contribution in [1.82, 2.24) is 10.3 Å². The SMILES string of the molecule is CCCNc1nc(N2CCC[C@@H](CC(=O)O)C2)ccc1C(=O)NCC1CCCCC1. The maximum atomic E-state index is 12.9. The Morgan fingerprint density at radius 1 is 1.13 bits per heavy atom. The van der Waals surface area contributed by atoms with Crippen LogP contribution in [0.3, 0.4) is 0 Å². The quantitative estimate of drug-likeness (QED) is 0.565. The average Bonchev–Trinajstić information content (AvgIpc) is 2.76. The summed E-state index contributed by atoms with van der Waals surface area (Å²) in [6.07, 6.45) is 9.27. The van der Waals surface area contributed by atoms with Gasteiger partial charge in [0.1, 0.15) is 11.6 Å². The molecule has 1 aliphatic heterocycles. The Hall–Kier alpha value is -2.31. The zero-order valence-electron chi connectivity index (χ0n) is 18.2. The van der Waals surface area contributed by atoms with Gasteiger partial charge in [-0.2, -0.15) is 0 Å². The predicted molar refractivity (Wildman–Crippen MR) is 119 cm³/mol. The van der Waals surface area contributed by atoms with Crippen LogP contribution in [0.1, 0.15) is 75.1 Å². The smallest absolute Gasteiger partial charge is 0.303 e. The third-order valence-corrected chi connectivity index (χ3v) is 6.25. The number of carboxylic acid groups (broad SMARTS) is 1. The van der Waals surface area contributed by atoms with Crippen LogP contribution in [0, 0.1) is 11.8 Å². The molecule has 1 atom stereocenters. The third kappa shape index (κ3) is 6.34. The molecule has 0 spiro atoms. The van der Waals surface area contributed by atoms with Gasteiger partial charge in [-0.3, -0.25) is 9.59 Å². The van der Waals surface area contributed by atoms with E-state index in [4.69, 9.17) is 10.1 Å². The molecule has 1 amide bonds. The fourth-order valence-corrected chi connectivity index (χ4v) is 4.60. The van der Waals surface area contributed by atoms with Gasteiger partial charge in [0.15, 0.2) is 0 Å². The van der Waals surface area contributed by atoms with E-state index >= 15 is 0 Å². The molecular formula is C23H36N4O3. The second-order valence-electron chi connectivity index (χ2n) is 8.76. The highest BCUT2D eigenvalue weighted by molar-refractivity contribution is 5.99. The fourth-order valence-electron chi connectivity index (χ4n) is 4.60. The number of nitrogens with one attached hydrogen (secondary N) is 2. The maximum Gasteiger partial charge on any atom is 0.303 e. The molecule has 2 heterocycles. The standard InChI is InChI=1S/C23H36N4O3/c1-2-12-24-22-19(23(30)25-15-17-7-4-3-5-8-17)10-11-20(26-22)27-13-6-9-18(16-27)14-21(28)29/h10-11,17-18H,2-9,12-16H2,1H3,(H,24,26)(H,25,30)(H,28,29)/t18-/m0/s1. The summed E-state index contributed by atoms with van der Waals surface area (Å²) in [7, 11) is 0. The summed E-state index contributed by atoms with van der Waals surface area (Å²) in [5.41, 5.74) is 0.585. The number of carbonyl (C=O) groups excluding carboxylic acids is 1. The molecule has 1 aromatic rings. The van der Waals surface area contributed by atoms with Crippen molar-refractivity contribution in [3.63, 3.8) is 0 Å². The van der Waals surface area contributed by atoms with E-state index in [-0.39, 0.29) is 18.2 Å². The molecule has 1 aromatic heterocycles. The minimum Gasteiger partial charge on any atom is -0.481 e. The van der Waals surface area contributed by atoms with E-state index < -0.39 is 5.97 Å². The normalized spacial score (nSPS) is 20.0. The van der Waals surface area contributed by atoms with Crippen LogP contribution in [0.15, 0.2) is 12.1 Å². The van der Waals surface area contributed by atoms with E-state index in [0.29, 0.717) is 23.8 Å². The molecule has 1 saturated heterocycles. The van der Waals surface area contributed by atoms with Crippen molar-refractivity contribution in [2.45, 2.75) is 64.7 Å². The van der Waals surface area contributed by atoms with Crippen LogP contribution in [-0.2, 0) is 4.79 Å². The van der Waals surface area contributed by atoms with Gasteiger partial charge in [0.2, 0.25) is 0 Å². The molecular weight excluding hydrogens is 380 g/mol. The van der Waals surface area contributed by atoms with E-state index in [1.165, 1.54) is 32.1 Å². The molecule has 2 aliphatic rings. The van der Waals surface area contributed by atoms with Crippen LogP contribution in [0.25, 0.3) is 0 Å². The van der Waals surface area contributed by atoms with Crippen LogP contribution in [0.5, 0.6) is 0 Å². The lowest BCUT2D eigenvalue weighted by atomic mass is 9.89. The zero-order valence-corrected chi connectivity index (χ0v) is 18.2. The van der Waals surface area contributed by atoms with Crippen LogP contribution in [-0.4, -0.2) is 48.1 Å². The topological polar surface area (TPSA) is 94.6 Å². The number of hydrogen-bond acceptors (Lipinski definition) is 5. The number of pyridine rings is 1. The Bertz CT molecular complexity index is 718. The average molecular weight is 417 g/mol. The molecule has 7 nitrogen and oxygen atoms in total. The molecule has 0 radical (unpaired) electrons. The molecule has 0 bridgehead atoms. The summed E-state index contributed by atoms with van der Waals surface area (Å²) in [5, 5.41) is 15.5. The number of aliphatic carboxylic acids is 1. The first kappa shape index (κ1) is 22.4. The highest BCUT2D eigenvalue weighted by atomic mass is 16.4. The molecule has 0 unspecified atom stereocenters. The number of carboxylic acids is 1. The lowest BCUT2D eigenvalue weighted by molar-refractivity contribution is -0.138. The van der Waals surface area contributed by atoms with Gasteiger partial charge in [-0.25, -0.2) is 4.98 Å². The van der Waals surface area contributed by atoms with E-state index in [1.54, 1.807) is 0 Å². The number of anilines is 2. The number of hydrogen-bond donors (Lipinski definition) is 3. The highest BCUT2D eigenvalue weighted by Gasteiger charge is 2.24. The van der Waals surface area contributed by atoms with Gasteiger partial charge in [0.05, 0.1) is 5.56 Å². The van der Waals surface area contributed by atoms with Crippen molar-refractivity contribution in [3.05, 3.63) is 17.7 Å². The van der Waals surface area contributed by atoms with Crippen molar-refractivity contribution in [2.75, 3.05) is 36.4 Å². The second-order valence-corrected chi connectivity index (χ2v) is 8.76. The van der Waals surface area contributed by atoms with Crippen LogP contribution in [0.4, 0.5) is 11.6 Å². The van der Waals surface area contributed by atoms with Crippen LogP contribution >= 0.6 is 0 Å². The van der Waals surface area contributed by atoms with Gasteiger partial charge in [0, 0.05) is 32.6 Å². The van der Waals surface area contributed by atoms with E-state index in [1.807, 2.05) is 12.1 Å². The summed E-state index contributed by atoms with van der Waals surface area (Å²) in [5.74, 6) is 1.35. The largest absolute Gasteiger partial charge is 0.481 e. The monoisotopic (exact) mass is 416 g/mol. The second kappa shape index (κ2) is 11.2. The van der Waals surface area contributed by atoms with Gasteiger partial charge in [-0.05, 0) is 56.1 Å². The first-order valence-corrected chi connectivity index (χ1v) is 11.6. The van der Waals surface area contributed by atoms with Gasteiger partial charge >= 0.3 is 5.97 Å². The maximum absolute atomic E-state index is 12.9. The molecule has 1 saturated carbocycles. The van der Waals surface area contributed by atoms with Crippen molar-refractivity contribution in [1.29, 1.82) is 0 Å². The summed E-state index contributed by atoms with van der Waals surface area (Å²) in [6.45, 7) is 5.13. The van der Waals surface area contributed by atoms with Crippen LogP contribution in [0.2, 0.25) is 0 Å². The summed E-state index contributed by atoms with van der Waals surface area (Å²) >= 11 is 0. The Kier molecular flexibility index (Phi) is 8.34. The Morgan fingerprint density at radius 2 is 1.90 bits per heavy atom. The molecule has 0 aromatic carbocycles. The fraction of sp³-hybridized carbons (Fsp3) is 0.696. The minimum absolute atomic E-state index is 0.0689. The Morgan fingerprint density at radius 3 is 2.63 bits per heavy atom. The number of rotatable bonds is 9. The van der Waals surface area contributed by atoms with E-state index in [2.05, 4.69) is 22.5 Å². The number of piperidine rings is 1. The lowest BCUT2D eigenvalue weighted by Crippen LogP contribution is -2.37. The molecule has 3 N–H and O–H groups in total. The molecule has 166 valence electrons. The van der Waals surface area contributed by atoms with Gasteiger partial charge in [-0.15, -0.1) is 0 Å². The van der Waals surface area contributed by atoms with Crippen molar-refractivity contribution in [2.24, 2.45) is 11.8 Å². The predicted octanol–water partition coefficient (Wildman–Crippen LogP) is 3.90. The Balaban J connectivity index is 1.69. The molecule has 2 fully saturated rings. The number of aromatic nitrogens is 1. The molecule has 30 heavy (non-hydrogen) atoms. The van der Waals surface area contributed by atoms with Crippen molar-refractivity contribution in [3.8, 4) is 0 Å². The van der Waals surface area contributed by atoms with Gasteiger partial charge in [0.25, 0.3) is 5.91 Å². The summed E-state index contributed by atoms with van der Waals surface area (Å²) < 4.78 is 0. The third-order valence-electron chi connectivity index (χ3n) is 6.25. The first-order chi connectivity index (χ1) is 14.6.